The number of hydrogen-bond donors (Lipinski definition) is 5. The maximum absolute atomic E-state index is 13.3. The summed E-state index contributed by atoms with van der Waals surface area (Å²) in [7, 11) is 6.82. The summed E-state index contributed by atoms with van der Waals surface area (Å²) >= 11 is 16.4. The molecule has 0 spiro atoms. The van der Waals surface area contributed by atoms with Crippen LogP contribution in [-0.2, 0) is 75.9 Å². The second kappa shape index (κ2) is 56.0. The van der Waals surface area contributed by atoms with Gasteiger partial charge in [-0.25, -0.2) is 4.79 Å². The van der Waals surface area contributed by atoms with Gasteiger partial charge in [-0.15, -0.1) is 0 Å². The number of halogens is 5. The molecule has 7 saturated carbocycles. The Hall–Kier alpha value is 2.45. The number of nitrogens with two attached hydrogens (primary N) is 1. The Morgan fingerprint density at radius 1 is 0.598 bits per heavy atom. The zero-order valence-electron chi connectivity index (χ0n) is 56.9. The molecule has 3 amide bonds. The monoisotopic (exact) mass is 1990 g/mol. The van der Waals surface area contributed by atoms with Gasteiger partial charge in [0.05, 0.1) is 27.4 Å². The first kappa shape index (κ1) is 90.5. The Morgan fingerprint density at radius 3 is 1.38 bits per heavy atom. The maximum atomic E-state index is 13.3. The zero-order chi connectivity index (χ0) is 66.8. The van der Waals surface area contributed by atoms with Crippen LogP contribution in [0.1, 0.15) is 264 Å². The van der Waals surface area contributed by atoms with E-state index in [0.29, 0.717) is 57.3 Å². The molecular formula is C68H122I5N6O9SV3. The van der Waals surface area contributed by atoms with Crippen molar-refractivity contribution in [3.8, 4) is 0 Å². The summed E-state index contributed by atoms with van der Waals surface area (Å²) in [5.41, 5.74) is 5.68. The first-order valence-corrected chi connectivity index (χ1v) is 58.7. The molecule has 1 saturated heterocycles. The van der Waals surface area contributed by atoms with Crippen LogP contribution in [0.25, 0.3) is 0 Å². The second-order valence-electron chi connectivity index (χ2n) is 27.4. The van der Waals surface area contributed by atoms with Crippen LogP contribution in [0.15, 0.2) is 0 Å². The van der Waals surface area contributed by atoms with E-state index in [-0.39, 0.29) is 77.2 Å². The molecule has 8 aliphatic rings. The maximum Gasteiger partial charge on any atom is 0 e. The van der Waals surface area contributed by atoms with Crippen molar-refractivity contribution in [2.45, 2.75) is 300 Å². The quantitative estimate of drug-likeness (QED) is 0.0281. The predicted molar refractivity (Wildman–Crippen MR) is 410 cm³/mol. The van der Waals surface area contributed by atoms with E-state index in [0.717, 1.165) is 64.0 Å². The van der Waals surface area contributed by atoms with Gasteiger partial charge >= 0.3 is 132 Å². The summed E-state index contributed by atoms with van der Waals surface area (Å²) in [6.45, 7) is 4.48. The van der Waals surface area contributed by atoms with Crippen molar-refractivity contribution in [3.05, 3.63) is 0 Å². The molecule has 0 bridgehead atoms. The van der Waals surface area contributed by atoms with Gasteiger partial charge in [0.25, 0.3) is 0 Å². The number of nitrogens with zero attached hydrogens (tertiary/aromatic N) is 2. The van der Waals surface area contributed by atoms with E-state index in [4.69, 9.17) is 15.2 Å². The molecule has 1 aliphatic heterocycles. The molecule has 24 heteroatoms. The number of piperazine rings is 1. The third kappa shape index (κ3) is 37.6. The van der Waals surface area contributed by atoms with Crippen LogP contribution >= 0.6 is 113 Å². The van der Waals surface area contributed by atoms with Crippen molar-refractivity contribution in [1.29, 1.82) is 0 Å². The van der Waals surface area contributed by atoms with Gasteiger partial charge in [-0.3, -0.25) is 24.0 Å². The van der Waals surface area contributed by atoms with Gasteiger partial charge in [0.2, 0.25) is 17.7 Å². The Bertz CT molecular complexity index is 1960. The molecule has 0 aromatic carbocycles. The van der Waals surface area contributed by atoms with Crippen LogP contribution < -0.4 is 21.7 Å². The number of amides is 3. The first-order valence-electron chi connectivity index (χ1n) is 35.6. The minimum atomic E-state index is -0.438. The number of hydrogen-bond acceptors (Lipinski definition) is 13. The van der Waals surface area contributed by atoms with Crippen LogP contribution in [0.2, 0.25) is 0 Å². The number of rotatable bonds is 23. The van der Waals surface area contributed by atoms with Gasteiger partial charge in [0.15, 0.2) is 0 Å². The van der Waals surface area contributed by atoms with Crippen molar-refractivity contribution in [3.63, 3.8) is 0 Å². The fourth-order valence-electron chi connectivity index (χ4n) is 15.6. The SMILES string of the molecule is CCC(NC)C(=O)N(CC1CCCCC1)[C@@H](CC1CCCCC1)C(=O)OC.COC(=O)C(N)CC1CCCCC1.COC(=O)[C@H](CC1CCCCC1)NCC1CCCCC1.O=C1N[C@@H](CS)C(=O)N(CC2CCCCC2)[C@H]1CC1CCCCC1.[I][V]([I])[I].[I][V][I].[V]. The normalized spacial score (nSPS) is 22.9. The molecule has 0 aromatic rings. The summed E-state index contributed by atoms with van der Waals surface area (Å²) in [5.74, 6) is 4.36. The molecule has 7 aliphatic carbocycles. The molecule has 1 radical (unpaired) electrons. The van der Waals surface area contributed by atoms with E-state index in [9.17, 15) is 28.8 Å². The molecule has 15 nitrogen and oxygen atoms in total. The number of carbonyl (C=O) groups excluding carboxylic acids is 6. The minimum Gasteiger partial charge on any atom is 0 e. The number of nitrogens with one attached hydrogen (secondary N) is 3. The largest absolute Gasteiger partial charge is 0 e. The molecule has 8 rings (SSSR count). The van der Waals surface area contributed by atoms with Gasteiger partial charge < -0.3 is 45.7 Å². The third-order valence-corrected chi connectivity index (χ3v) is 21.2. The van der Waals surface area contributed by atoms with E-state index in [2.05, 4.69) is 133 Å². The van der Waals surface area contributed by atoms with E-state index in [1.54, 1.807) is 0 Å². The zero-order valence-corrected chi connectivity index (χ0v) is 72.8. The first-order chi connectivity index (χ1) is 44.0. The van der Waals surface area contributed by atoms with Gasteiger partial charge in [0.1, 0.15) is 30.2 Å². The average molecular weight is 1990 g/mol. The van der Waals surface area contributed by atoms with Crippen LogP contribution in [0.4, 0.5) is 0 Å². The molecule has 2 unspecified atom stereocenters. The predicted octanol–water partition coefficient (Wildman–Crippen LogP) is 16.6. The molecular weight excluding hydrogens is 1860 g/mol. The summed E-state index contributed by atoms with van der Waals surface area (Å²) in [5, 5.41) is 9.57. The standard InChI is InChI=1S/C22H40N2O3.C19H32N2O2S.C17H31NO2.C10H19NO2.5HI.3V/c1-4-19(23-2)21(25)24(16-18-13-9-6-10-14-18)20(22(26)27-3)15-17-11-7-5-8-12-17;22-18-17(11-14-7-3-1-4-8-14)21(19(23)16(13-24)20-18)12-15-9-5-2-6-10-15;1-20-17(19)16(12-14-8-4-2-5-9-14)18-13-15-10-6-3-7-11-15;1-13-10(12)9(11)7-8-5-3-2-4-6-8;;;;;;;;/h17-20,23H,4-16H2,1-3H3;14-17,24H,1-13H2,(H,20,22);14-16,18H,2-13H2,1H3;8-9H,2-7,11H2,1H3;5*1H;;;/q;;;;;;;;;;+2;+3/p-5/t19?,20-;16-,17-;16-;;;;;;;;;/m000........./s1. The molecule has 5 N–H and O–H groups in total. The number of likely N-dealkylation sites (N-methyl/N-ethyl adjacent to an activating group) is 1. The molecule has 92 heavy (non-hydrogen) atoms. The number of thiol groups is 1. The van der Waals surface area contributed by atoms with Gasteiger partial charge in [-0.1, -0.05) is 193 Å². The van der Waals surface area contributed by atoms with Crippen molar-refractivity contribution < 1.29 is 75.9 Å². The number of carbonyl (C=O) groups is 6. The average Bonchev–Trinajstić information content (AvgIpc) is 0.833. The minimum absolute atomic E-state index is 0. The number of methoxy groups -OCH3 is 3. The Labute approximate surface area is 642 Å². The summed E-state index contributed by atoms with van der Waals surface area (Å²) in [6, 6.07) is -1.84. The molecule has 1 heterocycles. The van der Waals surface area contributed by atoms with E-state index in [1.165, 1.54) is 233 Å². The van der Waals surface area contributed by atoms with Gasteiger partial charge in [-0.2, -0.15) is 12.6 Å². The molecule has 8 fully saturated rings. The Kier molecular flexibility index (Phi) is 55.1. The molecule has 0 aromatic heterocycles. The summed E-state index contributed by atoms with van der Waals surface area (Å²) in [6.07, 6.45) is 48.6. The summed E-state index contributed by atoms with van der Waals surface area (Å²) < 4.78 is 14.7. The van der Waals surface area contributed by atoms with Crippen molar-refractivity contribution in [2.24, 2.45) is 47.2 Å². The topological polar surface area (TPSA) is 199 Å². The van der Waals surface area contributed by atoms with Crippen LogP contribution in [0, 0.1) is 41.4 Å². The van der Waals surface area contributed by atoms with Crippen LogP contribution in [-0.4, -0.2) is 135 Å². The summed E-state index contributed by atoms with van der Waals surface area (Å²) in [4.78, 5) is 78.2. The van der Waals surface area contributed by atoms with Crippen LogP contribution in [0.3, 0.4) is 0 Å². The third-order valence-electron chi connectivity index (χ3n) is 20.8. The Balaban J connectivity index is 0.000000411. The second-order valence-corrected chi connectivity index (χ2v) is 74.9. The van der Waals surface area contributed by atoms with E-state index in [1.807, 2.05) is 23.8 Å². The van der Waals surface area contributed by atoms with E-state index < -0.39 is 18.1 Å². The smallest absolute Gasteiger partial charge is 0 e. The number of ether oxygens (including phenoxy) is 3. The van der Waals surface area contributed by atoms with Gasteiger partial charge in [0, 0.05) is 37.4 Å². The van der Waals surface area contributed by atoms with E-state index >= 15 is 0 Å². The molecule has 534 valence electrons. The van der Waals surface area contributed by atoms with Gasteiger partial charge in [-0.05, 0) is 126 Å². The number of esters is 3. The fraction of sp³-hybridized carbons (Fsp3) is 0.912. The van der Waals surface area contributed by atoms with Crippen molar-refractivity contribution >= 4 is 148 Å². The van der Waals surface area contributed by atoms with Crippen molar-refractivity contribution in [1.82, 2.24) is 25.8 Å². The van der Waals surface area contributed by atoms with Crippen molar-refractivity contribution in [2.75, 3.05) is 53.8 Å². The molecule has 6 atom stereocenters. The van der Waals surface area contributed by atoms with Crippen LogP contribution in [0.5, 0.6) is 0 Å². The fourth-order valence-corrected chi connectivity index (χ4v) is 15.9. The Morgan fingerprint density at radius 2 is 0.978 bits per heavy atom.